The first-order chi connectivity index (χ1) is 13.5. The van der Waals surface area contributed by atoms with E-state index in [1.165, 1.54) is 0 Å². The van der Waals surface area contributed by atoms with Crippen molar-refractivity contribution in [1.29, 1.82) is 0 Å². The van der Waals surface area contributed by atoms with E-state index in [1.54, 1.807) is 18.2 Å². The summed E-state index contributed by atoms with van der Waals surface area (Å²) in [6.07, 6.45) is 3.55. The summed E-state index contributed by atoms with van der Waals surface area (Å²) in [4.78, 5) is 16.2. The molecule has 2 aromatic carbocycles. The standard InChI is InChI=1S/C23H16BrNO3/c1-14-2-10-21-19(12-14)20(23(26)27)13-17(25-21)7-8-18-9-11-22(28-18)15-3-5-16(24)6-4-15/h2-13H,1H3,(H,26,27). The Labute approximate surface area is 170 Å². The summed E-state index contributed by atoms with van der Waals surface area (Å²) < 4.78 is 6.88. The molecule has 0 aliphatic carbocycles. The van der Waals surface area contributed by atoms with Crippen LogP contribution in [-0.4, -0.2) is 16.1 Å². The third-order valence-corrected chi connectivity index (χ3v) is 4.92. The lowest BCUT2D eigenvalue weighted by Gasteiger charge is -2.05. The molecule has 4 nitrogen and oxygen atoms in total. The smallest absolute Gasteiger partial charge is 0.336 e. The van der Waals surface area contributed by atoms with E-state index in [4.69, 9.17) is 4.42 Å². The van der Waals surface area contributed by atoms with E-state index in [2.05, 4.69) is 20.9 Å². The van der Waals surface area contributed by atoms with Crippen LogP contribution in [0.3, 0.4) is 0 Å². The summed E-state index contributed by atoms with van der Waals surface area (Å²) in [7, 11) is 0. The molecule has 2 heterocycles. The van der Waals surface area contributed by atoms with Gasteiger partial charge < -0.3 is 9.52 Å². The predicted octanol–water partition coefficient (Wildman–Crippen LogP) is 6.43. The van der Waals surface area contributed by atoms with Crippen LogP contribution in [0.2, 0.25) is 0 Å². The number of aromatic carboxylic acids is 1. The fourth-order valence-electron chi connectivity index (χ4n) is 3.00. The number of rotatable bonds is 4. The van der Waals surface area contributed by atoms with Crippen molar-refractivity contribution < 1.29 is 14.3 Å². The summed E-state index contributed by atoms with van der Waals surface area (Å²) in [5.41, 5.74) is 3.44. The molecule has 0 saturated carbocycles. The molecule has 28 heavy (non-hydrogen) atoms. The van der Waals surface area contributed by atoms with Gasteiger partial charge in [0.25, 0.3) is 0 Å². The Bertz CT molecular complexity index is 1210. The lowest BCUT2D eigenvalue weighted by molar-refractivity contribution is 0.0699. The number of benzene rings is 2. The highest BCUT2D eigenvalue weighted by atomic mass is 79.9. The Morgan fingerprint density at radius 2 is 1.82 bits per heavy atom. The normalized spacial score (nSPS) is 11.4. The van der Waals surface area contributed by atoms with Gasteiger partial charge >= 0.3 is 5.97 Å². The zero-order chi connectivity index (χ0) is 19.7. The number of furan rings is 1. The van der Waals surface area contributed by atoms with E-state index in [9.17, 15) is 9.90 Å². The minimum atomic E-state index is -0.969. The maximum Gasteiger partial charge on any atom is 0.336 e. The highest BCUT2D eigenvalue weighted by Gasteiger charge is 2.11. The van der Waals surface area contributed by atoms with Gasteiger partial charge in [0.1, 0.15) is 11.5 Å². The molecule has 4 rings (SSSR count). The molecule has 0 saturated heterocycles. The molecule has 0 aliphatic rings. The van der Waals surface area contributed by atoms with Crippen LogP contribution in [0.5, 0.6) is 0 Å². The summed E-state index contributed by atoms with van der Waals surface area (Å²) in [6.45, 7) is 1.93. The molecule has 0 aliphatic heterocycles. The van der Waals surface area contributed by atoms with Gasteiger partial charge in [0.15, 0.2) is 0 Å². The highest BCUT2D eigenvalue weighted by molar-refractivity contribution is 9.10. The van der Waals surface area contributed by atoms with Gasteiger partial charge in [0.05, 0.1) is 16.8 Å². The lowest BCUT2D eigenvalue weighted by Crippen LogP contribution is -2.00. The molecule has 2 aromatic heterocycles. The average Bonchev–Trinajstić information content (AvgIpc) is 3.15. The first-order valence-electron chi connectivity index (χ1n) is 8.68. The van der Waals surface area contributed by atoms with E-state index in [-0.39, 0.29) is 5.56 Å². The second-order valence-corrected chi connectivity index (χ2v) is 7.38. The van der Waals surface area contributed by atoms with Gasteiger partial charge in [-0.3, -0.25) is 0 Å². The minimum absolute atomic E-state index is 0.239. The van der Waals surface area contributed by atoms with Crippen LogP contribution < -0.4 is 0 Å². The number of nitrogens with zero attached hydrogens (tertiary/aromatic N) is 1. The average molecular weight is 434 g/mol. The first-order valence-corrected chi connectivity index (χ1v) is 9.47. The molecule has 1 N–H and O–H groups in total. The van der Waals surface area contributed by atoms with Gasteiger partial charge in [-0.2, -0.15) is 0 Å². The quantitative estimate of drug-likeness (QED) is 0.402. The van der Waals surface area contributed by atoms with Crippen molar-refractivity contribution in [3.8, 4) is 11.3 Å². The Morgan fingerprint density at radius 1 is 1.04 bits per heavy atom. The van der Waals surface area contributed by atoms with Crippen molar-refractivity contribution in [1.82, 2.24) is 4.98 Å². The molecule has 4 aromatic rings. The Kier molecular flexibility index (Phi) is 4.84. The molecule has 0 radical (unpaired) electrons. The van der Waals surface area contributed by atoms with Crippen molar-refractivity contribution in [3.63, 3.8) is 0 Å². The number of pyridine rings is 1. The van der Waals surface area contributed by atoms with Gasteiger partial charge in [-0.25, -0.2) is 9.78 Å². The zero-order valence-electron chi connectivity index (χ0n) is 15.0. The SMILES string of the molecule is Cc1ccc2nc(C=Cc3ccc(-c4ccc(Br)cc4)o3)cc(C(=O)O)c2c1. The van der Waals surface area contributed by atoms with Crippen LogP contribution in [-0.2, 0) is 0 Å². The number of aryl methyl sites for hydroxylation is 1. The maximum absolute atomic E-state index is 11.7. The summed E-state index contributed by atoms with van der Waals surface area (Å²) in [5.74, 6) is 0.462. The molecule has 138 valence electrons. The Balaban J connectivity index is 1.66. The zero-order valence-corrected chi connectivity index (χ0v) is 16.6. The van der Waals surface area contributed by atoms with Crippen molar-refractivity contribution in [3.05, 3.63) is 87.7 Å². The van der Waals surface area contributed by atoms with E-state index in [0.29, 0.717) is 22.4 Å². The fraction of sp³-hybridized carbons (Fsp3) is 0.0435. The number of hydrogen-bond donors (Lipinski definition) is 1. The summed E-state index contributed by atoms with van der Waals surface area (Å²) in [5, 5.41) is 10.2. The van der Waals surface area contributed by atoms with E-state index in [0.717, 1.165) is 21.4 Å². The second kappa shape index (κ2) is 7.44. The van der Waals surface area contributed by atoms with Crippen molar-refractivity contribution in [2.24, 2.45) is 0 Å². The Morgan fingerprint density at radius 3 is 2.57 bits per heavy atom. The number of hydrogen-bond acceptors (Lipinski definition) is 3. The minimum Gasteiger partial charge on any atom is -0.478 e. The maximum atomic E-state index is 11.7. The summed E-state index contributed by atoms with van der Waals surface area (Å²) in [6, 6.07) is 18.8. The van der Waals surface area contributed by atoms with Crippen molar-refractivity contribution >= 4 is 45.0 Å². The molecule has 0 amide bonds. The molecular weight excluding hydrogens is 418 g/mol. The van der Waals surface area contributed by atoms with Crippen molar-refractivity contribution in [2.75, 3.05) is 0 Å². The topological polar surface area (TPSA) is 63.3 Å². The van der Waals surface area contributed by atoms with Gasteiger partial charge in [0, 0.05) is 15.4 Å². The van der Waals surface area contributed by atoms with Crippen LogP contribution in [0.1, 0.15) is 27.4 Å². The molecular formula is C23H16BrNO3. The molecule has 0 fully saturated rings. The molecule has 0 atom stereocenters. The monoisotopic (exact) mass is 433 g/mol. The van der Waals surface area contributed by atoms with Crippen molar-refractivity contribution in [2.45, 2.75) is 6.92 Å². The third kappa shape index (κ3) is 3.75. The number of halogens is 1. The largest absolute Gasteiger partial charge is 0.478 e. The number of carboxylic acid groups (broad SMARTS) is 1. The van der Waals surface area contributed by atoms with Crippen LogP contribution in [0.4, 0.5) is 0 Å². The van der Waals surface area contributed by atoms with E-state index in [1.807, 2.05) is 61.5 Å². The highest BCUT2D eigenvalue weighted by Crippen LogP contribution is 2.25. The second-order valence-electron chi connectivity index (χ2n) is 6.46. The Hall–Kier alpha value is -3.18. The van der Waals surface area contributed by atoms with Crippen LogP contribution in [0, 0.1) is 6.92 Å². The van der Waals surface area contributed by atoms with Gasteiger partial charge in [-0.1, -0.05) is 39.7 Å². The fourth-order valence-corrected chi connectivity index (χ4v) is 3.27. The van der Waals surface area contributed by atoms with Gasteiger partial charge in [-0.05, 0) is 61.5 Å². The van der Waals surface area contributed by atoms with Gasteiger partial charge in [-0.15, -0.1) is 0 Å². The number of aromatic nitrogens is 1. The number of carboxylic acids is 1. The van der Waals surface area contributed by atoms with Gasteiger partial charge in [0.2, 0.25) is 0 Å². The molecule has 0 spiro atoms. The number of fused-ring (bicyclic) bond motifs is 1. The number of carbonyl (C=O) groups is 1. The van der Waals surface area contributed by atoms with E-state index >= 15 is 0 Å². The lowest BCUT2D eigenvalue weighted by atomic mass is 10.1. The molecule has 5 heteroatoms. The predicted molar refractivity (Wildman–Crippen MR) is 114 cm³/mol. The van der Waals surface area contributed by atoms with Crippen LogP contribution in [0.25, 0.3) is 34.4 Å². The molecule has 0 bridgehead atoms. The van der Waals surface area contributed by atoms with Crippen LogP contribution >= 0.6 is 15.9 Å². The van der Waals surface area contributed by atoms with Crippen LogP contribution in [0.15, 0.2) is 69.6 Å². The van der Waals surface area contributed by atoms with E-state index < -0.39 is 5.97 Å². The first kappa shape index (κ1) is 18.2. The third-order valence-electron chi connectivity index (χ3n) is 4.39. The molecule has 0 unspecified atom stereocenters. The summed E-state index contributed by atoms with van der Waals surface area (Å²) >= 11 is 3.42.